The highest BCUT2D eigenvalue weighted by molar-refractivity contribution is 7.13. The predicted molar refractivity (Wildman–Crippen MR) is 175 cm³/mol. The molecule has 11 heteroatoms. The number of benzene rings is 2. The number of carbonyl (C=O) groups excluding carboxylic acids is 2. The predicted octanol–water partition coefficient (Wildman–Crippen LogP) is 7.84. The molecule has 1 fully saturated rings. The van der Waals surface area contributed by atoms with E-state index < -0.39 is 5.60 Å². The Balaban J connectivity index is 1.42. The molecule has 1 N–H and O–H groups in total. The normalized spacial score (nSPS) is 14.8. The van der Waals surface area contributed by atoms with E-state index in [1.165, 1.54) is 11.3 Å². The van der Waals surface area contributed by atoms with Crippen molar-refractivity contribution < 1.29 is 19.1 Å². The van der Waals surface area contributed by atoms with Crippen molar-refractivity contribution >= 4 is 40.3 Å². The SMILES string of the molecule is [C-]#[N+]c1ccccc1Oc1ccc(NC(=O)c2csc(-c3ccnnc3)n2)c(N2CCC[C@@H](CCC(=O)OC(C)(C)C)C2)c1C. The number of hydrogen-bond acceptors (Lipinski definition) is 9. The monoisotopic (exact) mass is 624 g/mol. The van der Waals surface area contributed by atoms with Crippen molar-refractivity contribution in [2.45, 2.75) is 59.0 Å². The quantitative estimate of drug-likeness (QED) is 0.148. The number of carbonyl (C=O) groups is 2. The van der Waals surface area contributed by atoms with Crippen molar-refractivity contribution in [2.75, 3.05) is 23.3 Å². The van der Waals surface area contributed by atoms with Gasteiger partial charge in [-0.05, 0) is 77.1 Å². The maximum absolute atomic E-state index is 13.5. The van der Waals surface area contributed by atoms with E-state index in [1.54, 1.807) is 42.0 Å². The molecule has 0 bridgehead atoms. The van der Waals surface area contributed by atoms with Crippen molar-refractivity contribution in [3.05, 3.63) is 82.9 Å². The zero-order chi connectivity index (χ0) is 32.0. The van der Waals surface area contributed by atoms with Crippen LogP contribution in [0.5, 0.6) is 11.5 Å². The smallest absolute Gasteiger partial charge is 0.306 e. The van der Waals surface area contributed by atoms with Gasteiger partial charge < -0.3 is 19.7 Å². The molecular weight excluding hydrogens is 588 g/mol. The van der Waals surface area contributed by atoms with Crippen molar-refractivity contribution in [1.82, 2.24) is 15.2 Å². The molecule has 1 amide bonds. The maximum Gasteiger partial charge on any atom is 0.306 e. The number of thiazole rings is 1. The summed E-state index contributed by atoms with van der Waals surface area (Å²) < 4.78 is 11.8. The van der Waals surface area contributed by atoms with E-state index in [-0.39, 0.29) is 17.8 Å². The molecule has 45 heavy (non-hydrogen) atoms. The van der Waals surface area contributed by atoms with Gasteiger partial charge in [-0.25, -0.2) is 9.83 Å². The summed E-state index contributed by atoms with van der Waals surface area (Å²) in [7, 11) is 0. The number of aromatic nitrogens is 3. The molecule has 0 spiro atoms. The summed E-state index contributed by atoms with van der Waals surface area (Å²) in [5, 5.41) is 13.2. The Bertz CT molecular complexity index is 1710. The lowest BCUT2D eigenvalue weighted by molar-refractivity contribution is -0.155. The number of nitrogens with one attached hydrogen (secondary N) is 1. The van der Waals surface area contributed by atoms with Crippen LogP contribution in [-0.4, -0.2) is 45.7 Å². The number of rotatable bonds is 9. The average Bonchev–Trinajstić information content (AvgIpc) is 3.52. The molecule has 2 aromatic heterocycles. The Kier molecular flexibility index (Phi) is 9.74. The van der Waals surface area contributed by atoms with Crippen LogP contribution in [-0.2, 0) is 9.53 Å². The summed E-state index contributed by atoms with van der Waals surface area (Å²) in [5.41, 5.74) is 3.31. The molecule has 5 rings (SSSR count). The molecule has 1 aliphatic rings. The van der Waals surface area contributed by atoms with Crippen molar-refractivity contribution in [1.29, 1.82) is 0 Å². The van der Waals surface area contributed by atoms with Gasteiger partial charge in [-0.15, -0.1) is 11.3 Å². The summed E-state index contributed by atoms with van der Waals surface area (Å²) in [6, 6.07) is 12.6. The number of nitrogens with zero attached hydrogens (tertiary/aromatic N) is 5. The molecular formula is C34H36N6O4S. The molecule has 1 saturated heterocycles. The first-order chi connectivity index (χ1) is 21.6. The van der Waals surface area contributed by atoms with Crippen molar-refractivity contribution in [3.8, 4) is 22.1 Å². The van der Waals surface area contributed by atoms with Crippen molar-refractivity contribution in [3.63, 3.8) is 0 Å². The van der Waals surface area contributed by atoms with Gasteiger partial charge in [-0.2, -0.15) is 10.2 Å². The Hall–Kier alpha value is -4.82. The first kappa shape index (κ1) is 31.6. The minimum atomic E-state index is -0.514. The zero-order valence-corrected chi connectivity index (χ0v) is 26.7. The summed E-state index contributed by atoms with van der Waals surface area (Å²) in [5.74, 6) is 0.814. The molecule has 1 aliphatic heterocycles. The fourth-order valence-electron chi connectivity index (χ4n) is 5.39. The van der Waals surface area contributed by atoms with E-state index in [1.807, 2.05) is 45.9 Å². The second-order valence-corrected chi connectivity index (χ2v) is 12.8. The van der Waals surface area contributed by atoms with Gasteiger partial charge in [-0.1, -0.05) is 18.2 Å². The number of anilines is 2. The number of hydrogen-bond donors (Lipinski definition) is 1. The molecule has 4 aromatic rings. The molecule has 2 aromatic carbocycles. The molecule has 1 atom stereocenters. The third kappa shape index (κ3) is 8.02. The second kappa shape index (κ2) is 13.9. The van der Waals surface area contributed by atoms with Gasteiger partial charge >= 0.3 is 5.97 Å². The topological polar surface area (TPSA) is 111 Å². The second-order valence-electron chi connectivity index (χ2n) is 12.0. The van der Waals surface area contributed by atoms with E-state index in [0.717, 1.165) is 36.2 Å². The standard InChI is InChI=1S/C34H36N6O4S/c1-22-28(43-29-11-7-6-10-25(29)35-5)14-13-26(38-32(42)27-21-45-33(39-27)24-16-17-36-37-19-24)31(22)40-18-8-9-23(20-40)12-15-30(41)44-34(2,3)4/h6-7,10-11,13-14,16-17,19,21,23H,8-9,12,15,18,20H2,1-4H3,(H,38,42)/t23-/m0/s1. The Morgan fingerprint density at radius 2 is 1.96 bits per heavy atom. The van der Waals surface area contributed by atoms with Crippen LogP contribution >= 0.6 is 11.3 Å². The highest BCUT2D eigenvalue weighted by Gasteiger charge is 2.27. The number of ether oxygens (including phenoxy) is 2. The lowest BCUT2D eigenvalue weighted by atomic mass is 9.92. The van der Waals surface area contributed by atoms with E-state index in [4.69, 9.17) is 16.0 Å². The third-order valence-electron chi connectivity index (χ3n) is 7.42. The maximum atomic E-state index is 13.5. The minimum Gasteiger partial charge on any atom is -0.468 e. The van der Waals surface area contributed by atoms with Crippen LogP contribution in [0.3, 0.4) is 0 Å². The highest BCUT2D eigenvalue weighted by Crippen LogP contribution is 2.42. The molecule has 0 unspecified atom stereocenters. The number of amides is 1. The van der Waals surface area contributed by atoms with Gasteiger partial charge in [0.25, 0.3) is 5.91 Å². The average molecular weight is 625 g/mol. The van der Waals surface area contributed by atoms with Gasteiger partial charge in [-0.3, -0.25) is 9.59 Å². The zero-order valence-electron chi connectivity index (χ0n) is 25.9. The van der Waals surface area contributed by atoms with Crippen LogP contribution in [0.2, 0.25) is 0 Å². The third-order valence-corrected chi connectivity index (χ3v) is 8.31. The van der Waals surface area contributed by atoms with E-state index in [0.29, 0.717) is 53.0 Å². The lowest BCUT2D eigenvalue weighted by Crippen LogP contribution is -2.37. The number of piperidine rings is 1. The Morgan fingerprint density at radius 1 is 1.13 bits per heavy atom. The van der Waals surface area contributed by atoms with E-state index in [9.17, 15) is 9.59 Å². The number of esters is 1. The summed E-state index contributed by atoms with van der Waals surface area (Å²) in [4.78, 5) is 36.3. The largest absolute Gasteiger partial charge is 0.468 e. The van der Waals surface area contributed by atoms with Gasteiger partial charge in [0.15, 0.2) is 0 Å². The molecule has 3 heterocycles. The molecule has 0 radical (unpaired) electrons. The van der Waals surface area contributed by atoms with Crippen LogP contribution in [0.4, 0.5) is 17.1 Å². The lowest BCUT2D eigenvalue weighted by Gasteiger charge is -2.37. The summed E-state index contributed by atoms with van der Waals surface area (Å²) in [6.45, 7) is 16.6. The molecule has 0 saturated carbocycles. The Labute approximate surface area is 267 Å². The van der Waals surface area contributed by atoms with Gasteiger partial charge in [0.05, 0.1) is 30.3 Å². The summed E-state index contributed by atoms with van der Waals surface area (Å²) in [6.07, 6.45) is 6.21. The van der Waals surface area contributed by atoms with E-state index >= 15 is 0 Å². The van der Waals surface area contributed by atoms with Gasteiger partial charge in [0, 0.05) is 36.0 Å². The Morgan fingerprint density at radius 3 is 2.71 bits per heavy atom. The first-order valence-corrected chi connectivity index (χ1v) is 15.8. The van der Waals surface area contributed by atoms with E-state index in [2.05, 4.69) is 30.2 Å². The van der Waals surface area contributed by atoms with Crippen LogP contribution in [0.25, 0.3) is 15.4 Å². The van der Waals surface area contributed by atoms with Crippen LogP contribution in [0.15, 0.2) is 60.2 Å². The minimum absolute atomic E-state index is 0.192. The van der Waals surface area contributed by atoms with Crippen LogP contribution in [0, 0.1) is 19.4 Å². The fourth-order valence-corrected chi connectivity index (χ4v) is 6.18. The highest BCUT2D eigenvalue weighted by atomic mass is 32.1. The van der Waals surface area contributed by atoms with Gasteiger partial charge in [0.2, 0.25) is 5.69 Å². The number of para-hydroxylation sites is 2. The molecule has 0 aliphatic carbocycles. The van der Waals surface area contributed by atoms with Crippen molar-refractivity contribution in [2.24, 2.45) is 5.92 Å². The summed E-state index contributed by atoms with van der Waals surface area (Å²) >= 11 is 1.36. The molecule has 232 valence electrons. The van der Waals surface area contributed by atoms with Crippen LogP contribution in [0.1, 0.15) is 62.5 Å². The first-order valence-electron chi connectivity index (χ1n) is 14.9. The molecule has 10 nitrogen and oxygen atoms in total. The van der Waals surface area contributed by atoms with Gasteiger partial charge in [0.1, 0.15) is 27.8 Å². The fraction of sp³-hybridized carbons (Fsp3) is 0.353. The van der Waals surface area contributed by atoms with Crippen LogP contribution < -0.4 is 15.0 Å².